The second-order valence-corrected chi connectivity index (χ2v) is 10.9. The van der Waals surface area contributed by atoms with Crippen LogP contribution in [0.5, 0.6) is 0 Å². The maximum Gasteiger partial charge on any atom is 0.264 e. The molecule has 0 bridgehead atoms. The number of hydrazone groups is 1. The van der Waals surface area contributed by atoms with Crippen molar-refractivity contribution in [3.05, 3.63) is 89.5 Å². The Balaban J connectivity index is 1.83. The molecule has 0 saturated heterocycles. The van der Waals surface area contributed by atoms with E-state index in [9.17, 15) is 13.2 Å². The first kappa shape index (κ1) is 25.5. The van der Waals surface area contributed by atoms with Gasteiger partial charge < -0.3 is 0 Å². The molecule has 0 aliphatic rings. The Kier molecular flexibility index (Phi) is 8.52. The van der Waals surface area contributed by atoms with Crippen LogP contribution in [0.25, 0.3) is 0 Å². The van der Waals surface area contributed by atoms with Crippen molar-refractivity contribution < 1.29 is 13.2 Å². The summed E-state index contributed by atoms with van der Waals surface area (Å²) in [5.41, 5.74) is 5.71. The Morgan fingerprint density at radius 2 is 1.62 bits per heavy atom. The average molecular weight is 496 g/mol. The number of nitrogens with zero attached hydrogens (tertiary/aromatic N) is 2. The molecule has 0 aliphatic carbocycles. The zero-order valence-electron chi connectivity index (χ0n) is 19.7. The first-order valence-electron chi connectivity index (χ1n) is 10.9. The van der Waals surface area contributed by atoms with Crippen molar-refractivity contribution >= 4 is 39.6 Å². The molecule has 0 aliphatic heterocycles. The fraction of sp³-hybridized carbons (Fsp3) is 0.231. The minimum absolute atomic E-state index is 0.122. The Morgan fingerprint density at radius 1 is 1.00 bits per heavy atom. The third-order valence-electron chi connectivity index (χ3n) is 5.26. The van der Waals surface area contributed by atoms with Gasteiger partial charge in [0, 0.05) is 4.90 Å². The Morgan fingerprint density at radius 3 is 2.18 bits per heavy atom. The molecule has 178 valence electrons. The molecule has 1 amide bonds. The number of hydrogen-bond acceptors (Lipinski definition) is 5. The summed E-state index contributed by atoms with van der Waals surface area (Å²) in [6, 6.07) is 21.5. The van der Waals surface area contributed by atoms with Crippen molar-refractivity contribution in [3.63, 3.8) is 0 Å². The van der Waals surface area contributed by atoms with Gasteiger partial charge in [-0.2, -0.15) is 5.10 Å². The minimum atomic E-state index is -3.97. The van der Waals surface area contributed by atoms with Crippen LogP contribution in [0.2, 0.25) is 0 Å². The molecule has 8 heteroatoms. The first-order valence-corrected chi connectivity index (χ1v) is 13.5. The number of rotatable bonds is 9. The number of sulfonamides is 1. The van der Waals surface area contributed by atoms with Gasteiger partial charge in [0.2, 0.25) is 0 Å². The molecule has 1 N–H and O–H groups in total. The molecule has 34 heavy (non-hydrogen) atoms. The summed E-state index contributed by atoms with van der Waals surface area (Å²) in [4.78, 5) is 13.9. The number of amides is 1. The van der Waals surface area contributed by atoms with Gasteiger partial charge in [-0.15, -0.1) is 11.8 Å². The van der Waals surface area contributed by atoms with Crippen LogP contribution in [0.15, 0.2) is 87.7 Å². The number of carbonyl (C=O) groups excluding carboxylic acids is 1. The largest absolute Gasteiger partial charge is 0.271 e. The van der Waals surface area contributed by atoms with E-state index < -0.39 is 22.5 Å². The lowest BCUT2D eigenvalue weighted by atomic mass is 10.0. The molecule has 3 rings (SSSR count). The maximum absolute atomic E-state index is 13.5. The van der Waals surface area contributed by atoms with Crippen molar-refractivity contribution in [1.29, 1.82) is 0 Å². The van der Waals surface area contributed by atoms with Crippen LogP contribution < -0.4 is 9.73 Å². The summed E-state index contributed by atoms with van der Waals surface area (Å²) in [6.07, 6.45) is 3.52. The lowest BCUT2D eigenvalue weighted by molar-refractivity contribution is -0.119. The topological polar surface area (TPSA) is 78.8 Å². The zero-order valence-corrected chi connectivity index (χ0v) is 21.4. The van der Waals surface area contributed by atoms with E-state index in [2.05, 4.69) is 24.4 Å². The van der Waals surface area contributed by atoms with Crippen molar-refractivity contribution in [2.45, 2.75) is 36.5 Å². The molecule has 0 radical (unpaired) electrons. The van der Waals surface area contributed by atoms with Crippen LogP contribution in [0.3, 0.4) is 0 Å². The molecule has 0 saturated carbocycles. The molecule has 0 spiro atoms. The summed E-state index contributed by atoms with van der Waals surface area (Å²) >= 11 is 1.64. The van der Waals surface area contributed by atoms with E-state index in [1.54, 1.807) is 48.2 Å². The smallest absolute Gasteiger partial charge is 0.264 e. The van der Waals surface area contributed by atoms with Gasteiger partial charge in [0.15, 0.2) is 0 Å². The Labute approximate surface area is 206 Å². The number of anilines is 1. The molecular formula is C26H29N3O3S2. The van der Waals surface area contributed by atoms with Crippen LogP contribution in [0.1, 0.15) is 36.5 Å². The van der Waals surface area contributed by atoms with E-state index in [-0.39, 0.29) is 4.90 Å². The van der Waals surface area contributed by atoms with Crippen LogP contribution in [-0.4, -0.2) is 33.3 Å². The summed E-state index contributed by atoms with van der Waals surface area (Å²) < 4.78 is 28.0. The SMILES string of the molecule is CSc1ccc(/C=N\NC(=O)CN(c2ccc(C(C)C)cc2)S(=O)(=O)c2ccc(C)cc2)cc1. The van der Waals surface area contributed by atoms with E-state index in [0.717, 1.165) is 25.9 Å². The van der Waals surface area contributed by atoms with Crippen LogP contribution in [-0.2, 0) is 14.8 Å². The third-order valence-corrected chi connectivity index (χ3v) is 7.79. The Bertz CT molecular complexity index is 1240. The van der Waals surface area contributed by atoms with Crippen LogP contribution in [0, 0.1) is 6.92 Å². The van der Waals surface area contributed by atoms with Crippen molar-refractivity contribution in [2.24, 2.45) is 5.10 Å². The minimum Gasteiger partial charge on any atom is -0.271 e. The van der Waals surface area contributed by atoms with Crippen LogP contribution >= 0.6 is 11.8 Å². The lowest BCUT2D eigenvalue weighted by Gasteiger charge is -2.24. The molecule has 3 aromatic rings. The highest BCUT2D eigenvalue weighted by Gasteiger charge is 2.27. The molecule has 0 heterocycles. The predicted molar refractivity (Wildman–Crippen MR) is 140 cm³/mol. The number of hydrogen-bond donors (Lipinski definition) is 1. The van der Waals surface area contributed by atoms with Crippen molar-refractivity contribution in [1.82, 2.24) is 5.43 Å². The van der Waals surface area contributed by atoms with Crippen molar-refractivity contribution in [2.75, 3.05) is 17.1 Å². The molecule has 0 fully saturated rings. The number of benzene rings is 3. The standard InChI is InChI=1S/C26H29N3O3S2/c1-19(2)22-9-11-23(12-10-22)29(34(31,32)25-15-5-20(3)6-16-25)18-26(30)28-27-17-21-7-13-24(33-4)14-8-21/h5-17,19H,18H2,1-4H3,(H,28,30)/b27-17-. The van der Waals surface area contributed by atoms with E-state index in [1.165, 1.54) is 6.21 Å². The van der Waals surface area contributed by atoms with Gasteiger partial charge in [0.05, 0.1) is 16.8 Å². The fourth-order valence-corrected chi connectivity index (χ4v) is 5.04. The summed E-state index contributed by atoms with van der Waals surface area (Å²) in [5.74, 6) is -0.237. The molecule has 6 nitrogen and oxygen atoms in total. The predicted octanol–water partition coefficient (Wildman–Crippen LogP) is 5.19. The summed E-state index contributed by atoms with van der Waals surface area (Å²) in [6.45, 7) is 5.62. The summed E-state index contributed by atoms with van der Waals surface area (Å²) in [5, 5.41) is 3.99. The highest BCUT2D eigenvalue weighted by atomic mass is 32.2. The van der Waals surface area contributed by atoms with E-state index >= 15 is 0 Å². The second-order valence-electron chi connectivity index (χ2n) is 8.14. The van der Waals surface area contributed by atoms with E-state index in [4.69, 9.17) is 0 Å². The number of thioether (sulfide) groups is 1. The number of carbonyl (C=O) groups is 1. The van der Waals surface area contributed by atoms with E-state index in [0.29, 0.717) is 11.6 Å². The molecule has 0 atom stereocenters. The Hall–Kier alpha value is -3.10. The quantitative estimate of drug-likeness (QED) is 0.252. The number of nitrogens with one attached hydrogen (secondary N) is 1. The first-order chi connectivity index (χ1) is 16.2. The fourth-order valence-electron chi connectivity index (χ4n) is 3.21. The number of aryl methyl sites for hydroxylation is 1. The monoisotopic (exact) mass is 495 g/mol. The lowest BCUT2D eigenvalue weighted by Crippen LogP contribution is -2.39. The molecule has 3 aromatic carbocycles. The van der Waals surface area contributed by atoms with Crippen molar-refractivity contribution in [3.8, 4) is 0 Å². The van der Waals surface area contributed by atoms with Gasteiger partial charge in [0.25, 0.3) is 15.9 Å². The van der Waals surface area contributed by atoms with Gasteiger partial charge in [-0.25, -0.2) is 13.8 Å². The van der Waals surface area contributed by atoms with Crippen LogP contribution in [0.4, 0.5) is 5.69 Å². The van der Waals surface area contributed by atoms with Gasteiger partial charge >= 0.3 is 0 Å². The zero-order chi connectivity index (χ0) is 24.7. The van der Waals surface area contributed by atoms with E-state index in [1.807, 2.05) is 49.6 Å². The average Bonchev–Trinajstić information content (AvgIpc) is 2.83. The molecule has 0 unspecified atom stereocenters. The summed E-state index contributed by atoms with van der Waals surface area (Å²) in [7, 11) is -3.97. The second kappa shape index (κ2) is 11.4. The molecule has 0 aromatic heterocycles. The molecular weight excluding hydrogens is 466 g/mol. The normalized spacial score (nSPS) is 11.7. The third kappa shape index (κ3) is 6.48. The maximum atomic E-state index is 13.5. The highest BCUT2D eigenvalue weighted by molar-refractivity contribution is 7.98. The van der Waals surface area contributed by atoms with Gasteiger partial charge in [-0.3, -0.25) is 9.10 Å². The van der Waals surface area contributed by atoms with Gasteiger partial charge in [-0.1, -0.05) is 55.8 Å². The highest BCUT2D eigenvalue weighted by Crippen LogP contribution is 2.26. The van der Waals surface area contributed by atoms with Gasteiger partial charge in [-0.05, 0) is 66.6 Å². The van der Waals surface area contributed by atoms with Gasteiger partial charge in [0.1, 0.15) is 6.54 Å².